The highest BCUT2D eigenvalue weighted by atomic mass is 16.5. The Morgan fingerprint density at radius 3 is 2.66 bits per heavy atom. The van der Waals surface area contributed by atoms with Crippen molar-refractivity contribution in [3.8, 4) is 17.0 Å². The van der Waals surface area contributed by atoms with Crippen LogP contribution in [0.15, 0.2) is 79.3 Å². The molecule has 0 aliphatic rings. The molecule has 2 N–H and O–H groups in total. The second-order valence-corrected chi connectivity index (χ2v) is 7.26. The largest absolute Gasteiger partial charge is 0.483 e. The van der Waals surface area contributed by atoms with Crippen LogP contribution in [0.2, 0.25) is 0 Å². The van der Waals surface area contributed by atoms with E-state index in [0.717, 1.165) is 28.1 Å². The number of para-hydroxylation sites is 1. The Balaban J connectivity index is 1.44. The van der Waals surface area contributed by atoms with E-state index in [9.17, 15) is 4.79 Å². The molecule has 7 nitrogen and oxygen atoms in total. The van der Waals surface area contributed by atoms with Crippen LogP contribution in [-0.2, 0) is 4.79 Å². The fourth-order valence-electron chi connectivity index (χ4n) is 3.11. The molecule has 0 saturated carbocycles. The summed E-state index contributed by atoms with van der Waals surface area (Å²) in [5.74, 6) is 0.915. The highest BCUT2D eigenvalue weighted by molar-refractivity contribution is 5.92. The first kappa shape index (κ1) is 21.0. The zero-order chi connectivity index (χ0) is 22.3. The molecule has 0 aliphatic carbocycles. The third-order valence-electron chi connectivity index (χ3n) is 4.83. The second kappa shape index (κ2) is 9.70. The van der Waals surface area contributed by atoms with Gasteiger partial charge in [0, 0.05) is 35.5 Å². The van der Waals surface area contributed by atoms with Crippen molar-refractivity contribution in [2.24, 2.45) is 0 Å². The van der Waals surface area contributed by atoms with Crippen molar-refractivity contribution in [2.75, 3.05) is 17.2 Å². The summed E-state index contributed by atoms with van der Waals surface area (Å²) in [5.41, 5.74) is 5.10. The Bertz CT molecular complexity index is 1230. The molecule has 4 rings (SSSR count). The molecule has 1 amide bonds. The predicted octanol–water partition coefficient (Wildman–Crippen LogP) is 4.92. The van der Waals surface area contributed by atoms with Crippen molar-refractivity contribution in [3.05, 3.63) is 90.4 Å². The van der Waals surface area contributed by atoms with Gasteiger partial charge in [-0.05, 0) is 61.4 Å². The van der Waals surface area contributed by atoms with Crippen LogP contribution in [-0.4, -0.2) is 27.5 Å². The SMILES string of the molecule is Cc1ccc(NC(=O)COc2ccccc2C)cc1Nc1nccc(-c2cccnc2)n1. The first-order valence-electron chi connectivity index (χ1n) is 10.2. The molecule has 0 atom stereocenters. The summed E-state index contributed by atoms with van der Waals surface area (Å²) in [7, 11) is 0. The number of amides is 1. The molecule has 0 bridgehead atoms. The van der Waals surface area contributed by atoms with E-state index in [-0.39, 0.29) is 12.5 Å². The minimum atomic E-state index is -0.238. The van der Waals surface area contributed by atoms with Crippen LogP contribution in [0.3, 0.4) is 0 Å². The number of pyridine rings is 1. The van der Waals surface area contributed by atoms with E-state index in [2.05, 4.69) is 25.6 Å². The Labute approximate surface area is 186 Å². The Kier molecular flexibility index (Phi) is 6.36. The number of aromatic nitrogens is 3. The minimum absolute atomic E-state index is 0.0717. The van der Waals surface area contributed by atoms with Crippen molar-refractivity contribution in [2.45, 2.75) is 13.8 Å². The summed E-state index contributed by atoms with van der Waals surface area (Å²) in [6.07, 6.45) is 5.17. The van der Waals surface area contributed by atoms with Crippen molar-refractivity contribution < 1.29 is 9.53 Å². The van der Waals surface area contributed by atoms with Crippen molar-refractivity contribution in [1.29, 1.82) is 0 Å². The summed E-state index contributed by atoms with van der Waals surface area (Å²) in [5, 5.41) is 6.11. The average molecular weight is 425 g/mol. The van der Waals surface area contributed by atoms with Gasteiger partial charge in [-0.1, -0.05) is 24.3 Å². The van der Waals surface area contributed by atoms with E-state index in [4.69, 9.17) is 4.74 Å². The molecule has 0 fully saturated rings. The number of anilines is 3. The summed E-state index contributed by atoms with van der Waals surface area (Å²) >= 11 is 0. The van der Waals surface area contributed by atoms with Gasteiger partial charge in [-0.3, -0.25) is 9.78 Å². The van der Waals surface area contributed by atoms with Crippen LogP contribution in [0.25, 0.3) is 11.3 Å². The normalized spacial score (nSPS) is 10.4. The first-order chi connectivity index (χ1) is 15.6. The van der Waals surface area contributed by atoms with Gasteiger partial charge in [-0.25, -0.2) is 9.97 Å². The van der Waals surface area contributed by atoms with Gasteiger partial charge < -0.3 is 15.4 Å². The number of aryl methyl sites for hydroxylation is 2. The number of nitrogens with zero attached hydrogens (tertiary/aromatic N) is 3. The summed E-state index contributed by atoms with van der Waals surface area (Å²) < 4.78 is 5.62. The number of rotatable bonds is 7. The van der Waals surface area contributed by atoms with E-state index < -0.39 is 0 Å². The smallest absolute Gasteiger partial charge is 0.262 e. The third kappa shape index (κ3) is 5.26. The maximum Gasteiger partial charge on any atom is 0.262 e. The molecule has 2 aromatic carbocycles. The summed E-state index contributed by atoms with van der Waals surface area (Å²) in [4.78, 5) is 25.4. The van der Waals surface area contributed by atoms with Gasteiger partial charge in [-0.2, -0.15) is 0 Å². The fraction of sp³-hybridized carbons (Fsp3) is 0.120. The van der Waals surface area contributed by atoms with Gasteiger partial charge in [0.05, 0.1) is 5.69 Å². The molecule has 7 heteroatoms. The van der Waals surface area contributed by atoms with E-state index in [0.29, 0.717) is 17.4 Å². The van der Waals surface area contributed by atoms with Crippen molar-refractivity contribution in [1.82, 2.24) is 15.0 Å². The van der Waals surface area contributed by atoms with Gasteiger partial charge in [0.15, 0.2) is 6.61 Å². The zero-order valence-corrected chi connectivity index (χ0v) is 17.9. The van der Waals surface area contributed by atoms with E-state index >= 15 is 0 Å². The maximum atomic E-state index is 12.4. The fourth-order valence-corrected chi connectivity index (χ4v) is 3.11. The van der Waals surface area contributed by atoms with E-state index in [1.165, 1.54) is 0 Å². The molecule has 0 saturated heterocycles. The monoisotopic (exact) mass is 425 g/mol. The second-order valence-electron chi connectivity index (χ2n) is 7.26. The van der Waals surface area contributed by atoms with Gasteiger partial charge in [0.2, 0.25) is 5.95 Å². The van der Waals surface area contributed by atoms with Crippen LogP contribution < -0.4 is 15.4 Å². The first-order valence-corrected chi connectivity index (χ1v) is 10.2. The molecule has 0 radical (unpaired) electrons. The van der Waals surface area contributed by atoms with E-state index in [1.54, 1.807) is 18.6 Å². The number of ether oxygens (including phenoxy) is 1. The molecule has 2 aromatic heterocycles. The van der Waals surface area contributed by atoms with Crippen LogP contribution in [0, 0.1) is 13.8 Å². The maximum absolute atomic E-state index is 12.4. The number of hydrogen-bond donors (Lipinski definition) is 2. The van der Waals surface area contributed by atoms with Gasteiger partial charge in [0.1, 0.15) is 5.75 Å². The van der Waals surface area contributed by atoms with Crippen molar-refractivity contribution in [3.63, 3.8) is 0 Å². The number of benzene rings is 2. The van der Waals surface area contributed by atoms with Crippen LogP contribution >= 0.6 is 0 Å². The number of carbonyl (C=O) groups excluding carboxylic acids is 1. The molecular formula is C25H23N5O2. The third-order valence-corrected chi connectivity index (χ3v) is 4.83. The van der Waals surface area contributed by atoms with Crippen LogP contribution in [0.1, 0.15) is 11.1 Å². The quantitative estimate of drug-likeness (QED) is 0.437. The van der Waals surface area contributed by atoms with Crippen LogP contribution in [0.5, 0.6) is 5.75 Å². The molecule has 0 aliphatic heterocycles. The lowest BCUT2D eigenvalue weighted by atomic mass is 10.1. The topological polar surface area (TPSA) is 89.0 Å². The molecule has 0 spiro atoms. The number of carbonyl (C=O) groups is 1. The van der Waals surface area contributed by atoms with Crippen LogP contribution in [0.4, 0.5) is 17.3 Å². The number of hydrogen-bond acceptors (Lipinski definition) is 6. The van der Waals surface area contributed by atoms with Gasteiger partial charge in [0.25, 0.3) is 5.91 Å². The van der Waals surface area contributed by atoms with Gasteiger partial charge >= 0.3 is 0 Å². The molecular weight excluding hydrogens is 402 g/mol. The summed E-state index contributed by atoms with van der Waals surface area (Å²) in [6, 6.07) is 18.9. The average Bonchev–Trinajstić information content (AvgIpc) is 2.81. The molecule has 2 heterocycles. The molecule has 32 heavy (non-hydrogen) atoms. The lowest BCUT2D eigenvalue weighted by molar-refractivity contribution is -0.118. The summed E-state index contributed by atoms with van der Waals surface area (Å²) in [6.45, 7) is 3.84. The molecule has 0 unspecified atom stereocenters. The highest BCUT2D eigenvalue weighted by Crippen LogP contribution is 2.24. The Morgan fingerprint density at radius 2 is 1.84 bits per heavy atom. The van der Waals surface area contributed by atoms with E-state index in [1.807, 2.05) is 74.5 Å². The molecule has 4 aromatic rings. The number of nitrogens with one attached hydrogen (secondary N) is 2. The zero-order valence-electron chi connectivity index (χ0n) is 17.9. The lowest BCUT2D eigenvalue weighted by Crippen LogP contribution is -2.20. The standard InChI is InChI=1S/C25H23N5O2/c1-17-9-10-20(28-24(31)16-32-23-8-4-3-6-18(23)2)14-22(17)30-25-27-13-11-21(29-25)19-7-5-12-26-15-19/h3-15H,16H2,1-2H3,(H,28,31)(H,27,29,30). The van der Waals surface area contributed by atoms with Gasteiger partial charge in [-0.15, -0.1) is 0 Å². The predicted molar refractivity (Wildman–Crippen MR) is 125 cm³/mol. The van der Waals surface area contributed by atoms with Crippen molar-refractivity contribution >= 4 is 23.2 Å². The minimum Gasteiger partial charge on any atom is -0.483 e. The highest BCUT2D eigenvalue weighted by Gasteiger charge is 2.09. The Morgan fingerprint density at radius 1 is 0.969 bits per heavy atom. The Hall–Kier alpha value is -4.26. The molecule has 160 valence electrons. The lowest BCUT2D eigenvalue weighted by Gasteiger charge is -2.13.